The van der Waals surface area contributed by atoms with Gasteiger partial charge in [-0.1, -0.05) is 0 Å². The maximum atomic E-state index is 12.8. The topological polar surface area (TPSA) is 39.9 Å². The first-order chi connectivity index (χ1) is 13.1. The third kappa shape index (κ3) is 5.52. The van der Waals surface area contributed by atoms with E-state index >= 15 is 0 Å². The number of thioether (sulfide) groups is 1. The molecule has 27 heavy (non-hydrogen) atoms. The normalized spacial score (nSPS) is 20.9. The van der Waals surface area contributed by atoms with Gasteiger partial charge in [0.1, 0.15) is 5.76 Å². The highest BCUT2D eigenvalue weighted by molar-refractivity contribution is 7.97. The Morgan fingerprint density at radius 3 is 2.52 bits per heavy atom. The number of furan rings is 1. The van der Waals surface area contributed by atoms with Gasteiger partial charge in [0, 0.05) is 19.1 Å². The Morgan fingerprint density at radius 2 is 1.89 bits per heavy atom. The lowest BCUT2D eigenvalue weighted by molar-refractivity contribution is 0.0589. The van der Waals surface area contributed by atoms with Gasteiger partial charge in [0.25, 0.3) is 5.91 Å². The molecule has 0 spiro atoms. The average molecular weight is 394 g/mol. The highest BCUT2D eigenvalue weighted by atomic mass is 32.2. The van der Waals surface area contributed by atoms with E-state index in [9.17, 15) is 4.79 Å². The second-order valence-electron chi connectivity index (χ2n) is 8.06. The molecule has 0 saturated carbocycles. The van der Waals surface area contributed by atoms with Crippen LogP contribution in [0.2, 0.25) is 0 Å². The number of rotatable bonds is 7. The summed E-state index contributed by atoms with van der Waals surface area (Å²) in [6.45, 7) is 8.49. The fraction of sp³-hybridized carbons (Fsp3) is 0.762. The maximum Gasteiger partial charge on any atom is 0.289 e. The van der Waals surface area contributed by atoms with E-state index in [0.717, 1.165) is 30.6 Å². The summed E-state index contributed by atoms with van der Waals surface area (Å²) in [7, 11) is 2.22. The summed E-state index contributed by atoms with van der Waals surface area (Å²) in [6, 6.07) is 4.53. The Balaban J connectivity index is 1.48. The molecule has 2 fully saturated rings. The molecule has 3 heterocycles. The van der Waals surface area contributed by atoms with Crippen LogP contribution in [0.3, 0.4) is 0 Å². The van der Waals surface area contributed by atoms with Crippen LogP contribution in [0.1, 0.15) is 48.9 Å². The van der Waals surface area contributed by atoms with Crippen molar-refractivity contribution in [3.8, 4) is 0 Å². The summed E-state index contributed by atoms with van der Waals surface area (Å²) in [5.41, 5.74) is 0. The van der Waals surface area contributed by atoms with Crippen molar-refractivity contribution in [1.29, 1.82) is 0 Å². The van der Waals surface area contributed by atoms with Crippen LogP contribution in [0.25, 0.3) is 0 Å². The zero-order valence-electron chi connectivity index (χ0n) is 17.2. The monoisotopic (exact) mass is 393 g/mol. The molecule has 3 rings (SSSR count). The highest BCUT2D eigenvalue weighted by Gasteiger charge is 2.29. The van der Waals surface area contributed by atoms with E-state index in [4.69, 9.17) is 4.42 Å². The molecule has 0 N–H and O–H groups in total. The molecule has 0 unspecified atom stereocenters. The lowest BCUT2D eigenvalue weighted by Crippen LogP contribution is -2.48. The van der Waals surface area contributed by atoms with E-state index in [1.807, 2.05) is 23.3 Å². The minimum atomic E-state index is 0.0441. The van der Waals surface area contributed by atoms with Gasteiger partial charge in [-0.15, -0.1) is 0 Å². The molecule has 0 aliphatic carbocycles. The third-order valence-electron chi connectivity index (χ3n) is 6.16. The number of nitrogens with zero attached hydrogens (tertiary/aromatic N) is 3. The Bertz CT molecular complexity index is 590. The van der Waals surface area contributed by atoms with Gasteiger partial charge in [0.05, 0.1) is 5.75 Å². The van der Waals surface area contributed by atoms with E-state index in [1.54, 1.807) is 11.8 Å². The molecule has 2 saturated heterocycles. The summed E-state index contributed by atoms with van der Waals surface area (Å²) in [5.74, 6) is 2.84. The summed E-state index contributed by atoms with van der Waals surface area (Å²) in [4.78, 5) is 19.9. The third-order valence-corrected chi connectivity index (χ3v) is 6.73. The Labute approximate surface area is 168 Å². The number of hydrogen-bond acceptors (Lipinski definition) is 5. The van der Waals surface area contributed by atoms with Crippen molar-refractivity contribution in [3.63, 3.8) is 0 Å². The van der Waals surface area contributed by atoms with Crippen molar-refractivity contribution in [3.05, 3.63) is 23.7 Å². The summed E-state index contributed by atoms with van der Waals surface area (Å²) < 4.78 is 5.74. The first kappa shape index (κ1) is 20.7. The first-order valence-electron chi connectivity index (χ1n) is 10.4. The van der Waals surface area contributed by atoms with Crippen LogP contribution in [-0.2, 0) is 5.75 Å². The summed E-state index contributed by atoms with van der Waals surface area (Å²) in [5, 5.41) is 0. The second-order valence-corrected chi connectivity index (χ2v) is 8.92. The SMILES string of the molecule is CCN(CC1CCN(C2CCN(C)CC2)CC1)C(=O)c1ccc(CSC)o1. The smallest absolute Gasteiger partial charge is 0.289 e. The van der Waals surface area contributed by atoms with Crippen molar-refractivity contribution in [2.24, 2.45) is 5.92 Å². The first-order valence-corrected chi connectivity index (χ1v) is 11.8. The number of hydrogen-bond donors (Lipinski definition) is 0. The lowest BCUT2D eigenvalue weighted by atomic mass is 9.93. The molecule has 1 aromatic rings. The maximum absolute atomic E-state index is 12.8. The quantitative estimate of drug-likeness (QED) is 0.710. The van der Waals surface area contributed by atoms with E-state index in [1.165, 1.54) is 51.9 Å². The van der Waals surface area contributed by atoms with Gasteiger partial charge in [0.15, 0.2) is 5.76 Å². The molecular weight excluding hydrogens is 358 g/mol. The van der Waals surface area contributed by atoms with Crippen molar-refractivity contribution >= 4 is 17.7 Å². The van der Waals surface area contributed by atoms with Crippen LogP contribution in [0.15, 0.2) is 16.5 Å². The molecule has 1 aromatic heterocycles. The average Bonchev–Trinajstić information content (AvgIpc) is 3.16. The van der Waals surface area contributed by atoms with Gasteiger partial charge in [-0.25, -0.2) is 0 Å². The van der Waals surface area contributed by atoms with Gasteiger partial charge in [0.2, 0.25) is 0 Å². The van der Waals surface area contributed by atoms with E-state index in [-0.39, 0.29) is 5.91 Å². The second kappa shape index (κ2) is 9.99. The zero-order valence-corrected chi connectivity index (χ0v) is 18.0. The molecule has 0 radical (unpaired) electrons. The summed E-state index contributed by atoms with van der Waals surface area (Å²) in [6.07, 6.45) is 7.05. The van der Waals surface area contributed by atoms with Crippen LogP contribution >= 0.6 is 11.8 Å². The fourth-order valence-electron chi connectivity index (χ4n) is 4.40. The molecule has 2 aliphatic rings. The van der Waals surface area contributed by atoms with Crippen molar-refractivity contribution in [2.45, 2.75) is 44.4 Å². The largest absolute Gasteiger partial charge is 0.455 e. The predicted molar refractivity (Wildman–Crippen MR) is 112 cm³/mol. The molecule has 0 bridgehead atoms. The molecule has 5 nitrogen and oxygen atoms in total. The molecule has 2 aliphatic heterocycles. The van der Waals surface area contributed by atoms with E-state index < -0.39 is 0 Å². The van der Waals surface area contributed by atoms with Crippen molar-refractivity contribution in [2.75, 3.05) is 52.6 Å². The summed E-state index contributed by atoms with van der Waals surface area (Å²) >= 11 is 1.71. The van der Waals surface area contributed by atoms with Gasteiger partial charge < -0.3 is 19.1 Å². The number of amides is 1. The van der Waals surface area contributed by atoms with Crippen LogP contribution in [-0.4, -0.2) is 79.2 Å². The van der Waals surface area contributed by atoms with Gasteiger partial charge >= 0.3 is 0 Å². The van der Waals surface area contributed by atoms with Crippen molar-refractivity contribution < 1.29 is 9.21 Å². The van der Waals surface area contributed by atoms with E-state index in [2.05, 4.69) is 23.8 Å². The number of likely N-dealkylation sites (tertiary alicyclic amines) is 2. The van der Waals surface area contributed by atoms with Gasteiger partial charge in [-0.05, 0) is 90.1 Å². The van der Waals surface area contributed by atoms with Gasteiger partial charge in [-0.2, -0.15) is 11.8 Å². The van der Waals surface area contributed by atoms with Crippen LogP contribution in [0, 0.1) is 5.92 Å². The fourth-order valence-corrected chi connectivity index (χ4v) is 4.84. The molecule has 6 heteroatoms. The molecular formula is C21H35N3O2S. The number of carbonyl (C=O) groups excluding carboxylic acids is 1. The Morgan fingerprint density at radius 1 is 1.19 bits per heavy atom. The number of carbonyl (C=O) groups is 1. The predicted octanol–water partition coefficient (Wildman–Crippen LogP) is 3.41. The van der Waals surface area contributed by atoms with E-state index in [0.29, 0.717) is 11.7 Å². The lowest BCUT2D eigenvalue weighted by Gasteiger charge is -2.41. The van der Waals surface area contributed by atoms with Crippen LogP contribution in [0.5, 0.6) is 0 Å². The van der Waals surface area contributed by atoms with Crippen LogP contribution in [0.4, 0.5) is 0 Å². The van der Waals surface area contributed by atoms with Gasteiger partial charge in [-0.3, -0.25) is 4.79 Å². The van der Waals surface area contributed by atoms with Crippen LogP contribution < -0.4 is 0 Å². The molecule has 1 amide bonds. The minimum Gasteiger partial charge on any atom is -0.455 e. The minimum absolute atomic E-state index is 0.0441. The standard InChI is InChI=1S/C21H35N3O2S/c1-4-23(21(25)20-6-5-19(26-20)16-27-3)15-17-7-13-24(14-8-17)18-9-11-22(2)12-10-18/h5-6,17-18H,4,7-16H2,1-3H3. The Hall–Kier alpha value is -0.980. The Kier molecular flexibility index (Phi) is 7.67. The molecule has 0 atom stereocenters. The highest BCUT2D eigenvalue weighted by Crippen LogP contribution is 2.25. The molecule has 0 aromatic carbocycles. The number of piperidine rings is 2. The van der Waals surface area contributed by atoms with Crippen molar-refractivity contribution in [1.82, 2.24) is 14.7 Å². The zero-order chi connectivity index (χ0) is 19.2. The molecule has 152 valence electrons.